The van der Waals surface area contributed by atoms with Crippen LogP contribution in [0.25, 0.3) is 0 Å². The first kappa shape index (κ1) is 11.8. The summed E-state index contributed by atoms with van der Waals surface area (Å²) in [7, 11) is 1.76. The molecule has 0 unspecified atom stereocenters. The molecule has 98 valence electrons. The number of nitrogens with one attached hydrogen (secondary N) is 1. The SMILES string of the molecule is COc1cc(N2CCN[C@H](C)C2)ncc1C1CC1. The molecule has 0 aromatic carbocycles. The van der Waals surface area contributed by atoms with E-state index in [0.29, 0.717) is 12.0 Å². The fourth-order valence-corrected chi connectivity index (χ4v) is 2.63. The van der Waals surface area contributed by atoms with Crippen LogP contribution in [0.2, 0.25) is 0 Å². The first-order chi connectivity index (χ1) is 8.78. The zero-order chi connectivity index (χ0) is 12.5. The van der Waals surface area contributed by atoms with E-state index < -0.39 is 0 Å². The maximum Gasteiger partial charge on any atom is 0.132 e. The zero-order valence-corrected chi connectivity index (χ0v) is 11.1. The van der Waals surface area contributed by atoms with E-state index in [1.165, 1.54) is 18.4 Å². The molecule has 1 aliphatic heterocycles. The van der Waals surface area contributed by atoms with Crippen LogP contribution in [-0.4, -0.2) is 37.8 Å². The van der Waals surface area contributed by atoms with Crippen LogP contribution in [-0.2, 0) is 0 Å². The number of piperazine rings is 1. The standard InChI is InChI=1S/C14H21N3O/c1-10-9-17(6-5-15-10)14-7-13(18-2)12(8-16-14)11-3-4-11/h7-8,10-11,15H,3-6,9H2,1-2H3/t10-/m1/s1. The average molecular weight is 247 g/mol. The zero-order valence-electron chi connectivity index (χ0n) is 11.1. The topological polar surface area (TPSA) is 37.4 Å². The Bertz CT molecular complexity index is 431. The van der Waals surface area contributed by atoms with Crippen molar-refractivity contribution in [2.75, 3.05) is 31.6 Å². The lowest BCUT2D eigenvalue weighted by Gasteiger charge is -2.33. The van der Waals surface area contributed by atoms with E-state index in [9.17, 15) is 0 Å². The first-order valence-corrected chi connectivity index (χ1v) is 6.80. The number of anilines is 1. The van der Waals surface area contributed by atoms with Crippen LogP contribution in [0.1, 0.15) is 31.2 Å². The van der Waals surface area contributed by atoms with Crippen LogP contribution in [0.4, 0.5) is 5.82 Å². The average Bonchev–Trinajstić information content (AvgIpc) is 3.22. The van der Waals surface area contributed by atoms with Gasteiger partial charge in [0.1, 0.15) is 11.6 Å². The highest BCUT2D eigenvalue weighted by atomic mass is 16.5. The van der Waals surface area contributed by atoms with Crippen molar-refractivity contribution in [2.24, 2.45) is 0 Å². The number of aromatic nitrogens is 1. The molecule has 0 amide bonds. The molecule has 2 fully saturated rings. The highest BCUT2D eigenvalue weighted by molar-refractivity contribution is 5.49. The van der Waals surface area contributed by atoms with Crippen LogP contribution in [0.3, 0.4) is 0 Å². The van der Waals surface area contributed by atoms with Gasteiger partial charge >= 0.3 is 0 Å². The molecule has 1 aromatic rings. The Balaban J connectivity index is 1.83. The molecule has 1 N–H and O–H groups in total. The second kappa shape index (κ2) is 4.76. The second-order valence-electron chi connectivity index (χ2n) is 5.36. The third-order valence-electron chi connectivity index (χ3n) is 3.81. The monoisotopic (exact) mass is 247 g/mol. The molecule has 0 bridgehead atoms. The van der Waals surface area contributed by atoms with Crippen molar-refractivity contribution in [3.05, 3.63) is 17.8 Å². The Hall–Kier alpha value is -1.29. The van der Waals surface area contributed by atoms with Gasteiger partial charge in [0, 0.05) is 43.5 Å². The molecule has 3 rings (SSSR count). The van der Waals surface area contributed by atoms with Crippen LogP contribution in [0, 0.1) is 0 Å². The summed E-state index contributed by atoms with van der Waals surface area (Å²) < 4.78 is 5.52. The molecule has 4 heteroatoms. The Kier molecular flexibility index (Phi) is 3.12. The molecule has 0 spiro atoms. The highest BCUT2D eigenvalue weighted by Crippen LogP contribution is 2.44. The van der Waals surface area contributed by atoms with Crippen molar-refractivity contribution in [1.29, 1.82) is 0 Å². The van der Waals surface area contributed by atoms with Gasteiger partial charge in [0.2, 0.25) is 0 Å². The number of pyridine rings is 1. The lowest BCUT2D eigenvalue weighted by atomic mass is 10.1. The van der Waals surface area contributed by atoms with Crippen molar-refractivity contribution in [1.82, 2.24) is 10.3 Å². The van der Waals surface area contributed by atoms with Gasteiger partial charge in [0.25, 0.3) is 0 Å². The quantitative estimate of drug-likeness (QED) is 0.883. The van der Waals surface area contributed by atoms with Crippen LogP contribution < -0.4 is 15.0 Å². The number of hydrogen-bond acceptors (Lipinski definition) is 4. The van der Waals surface area contributed by atoms with E-state index in [2.05, 4.69) is 28.2 Å². The summed E-state index contributed by atoms with van der Waals surface area (Å²) in [5, 5.41) is 3.45. The molecule has 18 heavy (non-hydrogen) atoms. The fourth-order valence-electron chi connectivity index (χ4n) is 2.63. The van der Waals surface area contributed by atoms with Gasteiger partial charge in [0.05, 0.1) is 7.11 Å². The summed E-state index contributed by atoms with van der Waals surface area (Å²) in [6.07, 6.45) is 4.57. The summed E-state index contributed by atoms with van der Waals surface area (Å²) in [5.74, 6) is 2.74. The predicted octanol–water partition coefficient (Wildman–Crippen LogP) is 1.77. The van der Waals surface area contributed by atoms with Gasteiger partial charge in [-0.1, -0.05) is 0 Å². The number of rotatable bonds is 3. The highest BCUT2D eigenvalue weighted by Gasteiger charge is 2.28. The Morgan fingerprint density at radius 2 is 2.28 bits per heavy atom. The van der Waals surface area contributed by atoms with Crippen LogP contribution >= 0.6 is 0 Å². The fraction of sp³-hybridized carbons (Fsp3) is 0.643. The number of hydrogen-bond donors (Lipinski definition) is 1. The summed E-state index contributed by atoms with van der Waals surface area (Å²) in [4.78, 5) is 6.96. The lowest BCUT2D eigenvalue weighted by Crippen LogP contribution is -2.49. The number of nitrogens with zero attached hydrogens (tertiary/aromatic N) is 2. The van der Waals surface area contributed by atoms with Gasteiger partial charge in [-0.05, 0) is 25.7 Å². The van der Waals surface area contributed by atoms with E-state index in [1.54, 1.807) is 7.11 Å². The molecule has 0 radical (unpaired) electrons. The van der Waals surface area contributed by atoms with Gasteiger partial charge in [-0.25, -0.2) is 4.98 Å². The Labute approximate surface area is 108 Å². The second-order valence-corrected chi connectivity index (χ2v) is 5.36. The smallest absolute Gasteiger partial charge is 0.132 e. The van der Waals surface area contributed by atoms with Gasteiger partial charge in [-0.3, -0.25) is 0 Å². The minimum Gasteiger partial charge on any atom is -0.496 e. The molecule has 2 heterocycles. The van der Waals surface area contributed by atoms with E-state index in [0.717, 1.165) is 31.2 Å². The lowest BCUT2D eigenvalue weighted by molar-refractivity contribution is 0.408. The Morgan fingerprint density at radius 1 is 1.44 bits per heavy atom. The minimum atomic E-state index is 0.523. The van der Waals surface area contributed by atoms with Gasteiger partial charge in [-0.2, -0.15) is 0 Å². The molecule has 1 aliphatic carbocycles. The third-order valence-corrected chi connectivity index (χ3v) is 3.81. The first-order valence-electron chi connectivity index (χ1n) is 6.80. The molecule has 4 nitrogen and oxygen atoms in total. The van der Waals surface area contributed by atoms with Crippen LogP contribution in [0.5, 0.6) is 5.75 Å². The van der Waals surface area contributed by atoms with Gasteiger partial charge in [0.15, 0.2) is 0 Å². The van der Waals surface area contributed by atoms with E-state index in [4.69, 9.17) is 4.74 Å². The summed E-state index contributed by atoms with van der Waals surface area (Å²) >= 11 is 0. The molecular weight excluding hydrogens is 226 g/mol. The predicted molar refractivity (Wildman–Crippen MR) is 72.4 cm³/mol. The molecular formula is C14H21N3O. The normalized spacial score (nSPS) is 24.1. The van der Waals surface area contributed by atoms with Crippen molar-refractivity contribution >= 4 is 5.82 Å². The van der Waals surface area contributed by atoms with Gasteiger partial charge in [-0.15, -0.1) is 0 Å². The van der Waals surface area contributed by atoms with Crippen molar-refractivity contribution in [3.63, 3.8) is 0 Å². The molecule has 1 atom stereocenters. The van der Waals surface area contributed by atoms with E-state index >= 15 is 0 Å². The molecule has 1 saturated heterocycles. The van der Waals surface area contributed by atoms with Gasteiger partial charge < -0.3 is 15.0 Å². The van der Waals surface area contributed by atoms with E-state index in [1.807, 2.05) is 6.20 Å². The Morgan fingerprint density at radius 3 is 2.94 bits per heavy atom. The van der Waals surface area contributed by atoms with Crippen molar-refractivity contribution in [2.45, 2.75) is 31.7 Å². The van der Waals surface area contributed by atoms with Crippen molar-refractivity contribution in [3.8, 4) is 5.75 Å². The molecule has 1 saturated carbocycles. The van der Waals surface area contributed by atoms with E-state index in [-0.39, 0.29) is 0 Å². The third kappa shape index (κ3) is 2.29. The maximum absolute atomic E-state index is 5.52. The number of methoxy groups -OCH3 is 1. The minimum absolute atomic E-state index is 0.523. The molecule has 1 aromatic heterocycles. The number of ether oxygens (including phenoxy) is 1. The maximum atomic E-state index is 5.52. The summed E-state index contributed by atoms with van der Waals surface area (Å²) in [6, 6.07) is 2.63. The van der Waals surface area contributed by atoms with Crippen molar-refractivity contribution < 1.29 is 4.74 Å². The summed E-state index contributed by atoms with van der Waals surface area (Å²) in [6.45, 7) is 5.26. The summed E-state index contributed by atoms with van der Waals surface area (Å²) in [5.41, 5.74) is 1.28. The molecule has 2 aliphatic rings. The largest absolute Gasteiger partial charge is 0.496 e. The van der Waals surface area contributed by atoms with Crippen LogP contribution in [0.15, 0.2) is 12.3 Å².